The van der Waals surface area contributed by atoms with Gasteiger partial charge in [0.15, 0.2) is 0 Å². The summed E-state index contributed by atoms with van der Waals surface area (Å²) in [5, 5.41) is 0. The van der Waals surface area contributed by atoms with E-state index in [0.717, 1.165) is 11.1 Å². The number of rotatable bonds is 3. The van der Waals surface area contributed by atoms with E-state index < -0.39 is 0 Å². The summed E-state index contributed by atoms with van der Waals surface area (Å²) < 4.78 is 0. The Morgan fingerprint density at radius 1 is 1.33 bits per heavy atom. The van der Waals surface area contributed by atoms with E-state index >= 15 is 0 Å². The van der Waals surface area contributed by atoms with Crippen LogP contribution in [0.25, 0.3) is 5.57 Å². The average Bonchev–Trinajstić information content (AvgIpc) is 2.15. The summed E-state index contributed by atoms with van der Waals surface area (Å²) in [6.45, 7) is 3.73. The Labute approximate surface area is 78.2 Å². The SMILES string of the molecule is C=CC(=CCCl)c1ccccc1. The van der Waals surface area contributed by atoms with Crippen molar-refractivity contribution in [3.05, 3.63) is 54.6 Å². The van der Waals surface area contributed by atoms with Gasteiger partial charge in [-0.1, -0.05) is 49.1 Å². The molecule has 1 aromatic rings. The minimum absolute atomic E-state index is 0.524. The first-order valence-corrected chi connectivity index (χ1v) is 4.36. The minimum Gasteiger partial charge on any atom is -0.122 e. The van der Waals surface area contributed by atoms with Gasteiger partial charge in [-0.15, -0.1) is 11.6 Å². The van der Waals surface area contributed by atoms with Crippen LogP contribution in [-0.2, 0) is 0 Å². The highest BCUT2D eigenvalue weighted by atomic mass is 35.5. The fourth-order valence-electron chi connectivity index (χ4n) is 1.03. The third-order valence-corrected chi connectivity index (χ3v) is 1.78. The summed E-state index contributed by atoms with van der Waals surface area (Å²) in [6.07, 6.45) is 3.77. The maximum absolute atomic E-state index is 5.60. The molecule has 0 aliphatic rings. The lowest BCUT2D eigenvalue weighted by atomic mass is 10.1. The molecule has 0 heterocycles. The van der Waals surface area contributed by atoms with E-state index in [-0.39, 0.29) is 0 Å². The highest BCUT2D eigenvalue weighted by molar-refractivity contribution is 6.19. The number of hydrogen-bond donors (Lipinski definition) is 0. The van der Waals surface area contributed by atoms with Gasteiger partial charge in [0.25, 0.3) is 0 Å². The van der Waals surface area contributed by atoms with Gasteiger partial charge in [0.2, 0.25) is 0 Å². The molecule has 0 N–H and O–H groups in total. The molecule has 0 unspecified atom stereocenters. The van der Waals surface area contributed by atoms with Crippen molar-refractivity contribution in [3.8, 4) is 0 Å². The van der Waals surface area contributed by atoms with Gasteiger partial charge in [0.1, 0.15) is 0 Å². The predicted molar refractivity (Wildman–Crippen MR) is 55.3 cm³/mol. The molecule has 1 aromatic carbocycles. The number of benzene rings is 1. The molecule has 12 heavy (non-hydrogen) atoms. The van der Waals surface area contributed by atoms with Crippen molar-refractivity contribution in [2.24, 2.45) is 0 Å². The van der Waals surface area contributed by atoms with Crippen LogP contribution in [0.1, 0.15) is 5.56 Å². The van der Waals surface area contributed by atoms with Crippen LogP contribution in [0, 0.1) is 0 Å². The fourth-order valence-corrected chi connectivity index (χ4v) is 1.20. The molecule has 0 fully saturated rings. The first-order valence-electron chi connectivity index (χ1n) is 3.82. The first-order chi connectivity index (χ1) is 5.88. The van der Waals surface area contributed by atoms with Gasteiger partial charge >= 0.3 is 0 Å². The van der Waals surface area contributed by atoms with Crippen LogP contribution >= 0.6 is 11.6 Å². The van der Waals surface area contributed by atoms with Gasteiger partial charge in [0.05, 0.1) is 0 Å². The Bertz CT molecular complexity index is 272. The largest absolute Gasteiger partial charge is 0.122 e. The van der Waals surface area contributed by atoms with Crippen LogP contribution in [0.4, 0.5) is 0 Å². The Morgan fingerprint density at radius 2 is 2.00 bits per heavy atom. The normalized spacial score (nSPS) is 11.2. The van der Waals surface area contributed by atoms with Gasteiger partial charge in [-0.05, 0) is 11.1 Å². The molecular formula is C11H11Cl. The second-order valence-corrected chi connectivity index (χ2v) is 2.69. The summed E-state index contributed by atoms with van der Waals surface area (Å²) in [4.78, 5) is 0. The van der Waals surface area contributed by atoms with Crippen molar-refractivity contribution in [3.63, 3.8) is 0 Å². The van der Waals surface area contributed by atoms with Crippen molar-refractivity contribution in [1.82, 2.24) is 0 Å². The molecule has 0 aliphatic heterocycles. The van der Waals surface area contributed by atoms with Gasteiger partial charge in [-0.25, -0.2) is 0 Å². The van der Waals surface area contributed by atoms with E-state index in [0.29, 0.717) is 5.88 Å². The van der Waals surface area contributed by atoms with Gasteiger partial charge in [-0.2, -0.15) is 0 Å². The molecule has 0 saturated heterocycles. The van der Waals surface area contributed by atoms with Crippen LogP contribution in [0.2, 0.25) is 0 Å². The molecule has 62 valence electrons. The Balaban J connectivity index is 2.96. The van der Waals surface area contributed by atoms with Crippen molar-refractivity contribution in [2.75, 3.05) is 5.88 Å². The third kappa shape index (κ3) is 2.24. The molecule has 1 heteroatoms. The van der Waals surface area contributed by atoms with Gasteiger partial charge < -0.3 is 0 Å². The van der Waals surface area contributed by atoms with Gasteiger partial charge in [0, 0.05) is 5.88 Å². The lowest BCUT2D eigenvalue weighted by molar-refractivity contribution is 1.60. The predicted octanol–water partition coefficient (Wildman–Crippen LogP) is 3.49. The Kier molecular flexibility index (Phi) is 3.62. The number of hydrogen-bond acceptors (Lipinski definition) is 0. The lowest BCUT2D eigenvalue weighted by Crippen LogP contribution is -1.79. The first kappa shape index (κ1) is 9.08. The molecule has 0 saturated carbocycles. The molecule has 0 aliphatic carbocycles. The fraction of sp³-hybridized carbons (Fsp3) is 0.0909. The number of halogens is 1. The average molecular weight is 179 g/mol. The van der Waals surface area contributed by atoms with E-state index in [1.54, 1.807) is 0 Å². The molecule has 0 bridgehead atoms. The maximum atomic E-state index is 5.60. The number of alkyl halides is 1. The molecule has 0 amide bonds. The summed E-state index contributed by atoms with van der Waals surface area (Å²) in [5.74, 6) is 0.524. The highest BCUT2D eigenvalue weighted by Crippen LogP contribution is 2.14. The molecule has 0 spiro atoms. The van der Waals surface area contributed by atoms with Crippen LogP contribution in [-0.4, -0.2) is 5.88 Å². The molecule has 0 aromatic heterocycles. The monoisotopic (exact) mass is 178 g/mol. The maximum Gasteiger partial charge on any atom is 0.0413 e. The Morgan fingerprint density at radius 3 is 2.50 bits per heavy atom. The van der Waals surface area contributed by atoms with Crippen LogP contribution in [0.15, 0.2) is 49.1 Å². The van der Waals surface area contributed by atoms with Crippen molar-refractivity contribution in [1.29, 1.82) is 0 Å². The molecule has 0 nitrogen and oxygen atoms in total. The van der Waals surface area contributed by atoms with E-state index in [9.17, 15) is 0 Å². The van der Waals surface area contributed by atoms with Gasteiger partial charge in [-0.3, -0.25) is 0 Å². The summed E-state index contributed by atoms with van der Waals surface area (Å²) in [7, 11) is 0. The minimum atomic E-state index is 0.524. The Hall–Kier alpha value is -1.01. The molecule has 1 rings (SSSR count). The van der Waals surface area contributed by atoms with Crippen molar-refractivity contribution >= 4 is 17.2 Å². The third-order valence-electron chi connectivity index (χ3n) is 1.62. The van der Waals surface area contributed by atoms with Crippen molar-refractivity contribution < 1.29 is 0 Å². The molecule has 0 radical (unpaired) electrons. The van der Waals surface area contributed by atoms with Crippen molar-refractivity contribution in [2.45, 2.75) is 0 Å². The molecule has 0 atom stereocenters. The molecular weight excluding hydrogens is 168 g/mol. The summed E-state index contributed by atoms with van der Waals surface area (Å²) >= 11 is 5.60. The zero-order valence-corrected chi connectivity index (χ0v) is 7.59. The van der Waals surface area contributed by atoms with Crippen LogP contribution < -0.4 is 0 Å². The van der Waals surface area contributed by atoms with E-state index in [1.165, 1.54) is 0 Å². The lowest BCUT2D eigenvalue weighted by Gasteiger charge is -1.99. The second-order valence-electron chi connectivity index (χ2n) is 2.38. The quantitative estimate of drug-likeness (QED) is 0.491. The standard InChI is InChI=1S/C11H11Cl/c1-2-10(8-9-12)11-6-4-3-5-7-11/h2-8H,1,9H2. The zero-order valence-electron chi connectivity index (χ0n) is 6.83. The number of allylic oxidation sites excluding steroid dienone is 3. The smallest absolute Gasteiger partial charge is 0.0413 e. The highest BCUT2D eigenvalue weighted by Gasteiger charge is 1.93. The zero-order chi connectivity index (χ0) is 8.81. The summed E-state index contributed by atoms with van der Waals surface area (Å²) in [5.41, 5.74) is 2.25. The van der Waals surface area contributed by atoms with Crippen LogP contribution in [0.5, 0.6) is 0 Å². The van der Waals surface area contributed by atoms with E-state index in [1.807, 2.05) is 42.5 Å². The topological polar surface area (TPSA) is 0 Å². The van der Waals surface area contributed by atoms with Crippen LogP contribution in [0.3, 0.4) is 0 Å². The van der Waals surface area contributed by atoms with E-state index in [2.05, 4.69) is 6.58 Å². The summed E-state index contributed by atoms with van der Waals surface area (Å²) in [6, 6.07) is 10.1. The second kappa shape index (κ2) is 4.78. The van der Waals surface area contributed by atoms with E-state index in [4.69, 9.17) is 11.6 Å².